The van der Waals surface area contributed by atoms with Crippen molar-refractivity contribution in [1.29, 1.82) is 5.26 Å². The van der Waals surface area contributed by atoms with Crippen LogP contribution in [0.1, 0.15) is 5.56 Å². The molecule has 32 heavy (non-hydrogen) atoms. The number of nitrogens with zero attached hydrogens (tertiary/aromatic N) is 2. The predicted octanol–water partition coefficient (Wildman–Crippen LogP) is 6.64. The van der Waals surface area contributed by atoms with Crippen molar-refractivity contribution in [2.45, 2.75) is 0 Å². The molecule has 0 atom stereocenters. The van der Waals surface area contributed by atoms with Crippen molar-refractivity contribution in [1.82, 2.24) is 0 Å². The fourth-order valence-electron chi connectivity index (χ4n) is 4.06. The van der Waals surface area contributed by atoms with E-state index in [0.29, 0.717) is 5.56 Å². The number of rotatable bonds is 4. The van der Waals surface area contributed by atoms with Crippen LogP contribution in [0, 0.1) is 11.3 Å². The topological polar surface area (TPSA) is 27.0 Å². The Morgan fingerprint density at radius 2 is 1.12 bits per heavy atom. The van der Waals surface area contributed by atoms with Crippen molar-refractivity contribution in [3.8, 4) is 17.2 Å². The molecule has 3 heteroatoms. The zero-order valence-electron chi connectivity index (χ0n) is 17.4. The van der Waals surface area contributed by atoms with Gasteiger partial charge in [-0.3, -0.25) is 0 Å². The summed E-state index contributed by atoms with van der Waals surface area (Å²) in [4.78, 5) is 2.21. The maximum atomic E-state index is 9.59. The molecule has 0 aliphatic heterocycles. The first kappa shape index (κ1) is 19.7. The van der Waals surface area contributed by atoms with Gasteiger partial charge in [-0.1, -0.05) is 84.3 Å². The molecule has 5 aromatic rings. The van der Waals surface area contributed by atoms with Crippen LogP contribution in [0.5, 0.6) is 0 Å². The minimum Gasteiger partial charge on any atom is -0.310 e. The monoisotopic (exact) mass is 406 g/mol. The van der Waals surface area contributed by atoms with Gasteiger partial charge in [0.1, 0.15) is 7.85 Å². The molecule has 0 saturated heterocycles. The largest absolute Gasteiger partial charge is 0.310 e. The summed E-state index contributed by atoms with van der Waals surface area (Å²) in [6.45, 7) is 0. The summed E-state index contributed by atoms with van der Waals surface area (Å²) in [5, 5.41) is 11.6. The van der Waals surface area contributed by atoms with Gasteiger partial charge < -0.3 is 4.90 Å². The first-order chi connectivity index (χ1) is 15.7. The highest BCUT2D eigenvalue weighted by atomic mass is 15.1. The number of hydrogen-bond acceptors (Lipinski definition) is 2. The van der Waals surface area contributed by atoms with Crippen LogP contribution in [0.2, 0.25) is 0 Å². The Balaban J connectivity index is 1.69. The molecule has 0 bridgehead atoms. The van der Waals surface area contributed by atoms with E-state index in [1.165, 1.54) is 5.56 Å². The van der Waals surface area contributed by atoms with Gasteiger partial charge in [0.2, 0.25) is 0 Å². The standard InChI is InChI=1S/C29H19BN2/c30-24-13-17-26(18-14-24)32(25-15-10-22(11-16-25)21-6-2-1-3-7-21)29-19-12-23(20-31)27-8-4-5-9-28(27)29/h1-19H. The SMILES string of the molecule is [B]c1ccc(N(c2ccc(-c3ccccc3)cc2)c2ccc(C#N)c3ccccc23)cc1. The highest BCUT2D eigenvalue weighted by Gasteiger charge is 2.16. The van der Waals surface area contributed by atoms with Crippen LogP contribution in [0.15, 0.2) is 115 Å². The molecule has 0 unspecified atom stereocenters. The molecule has 0 N–H and O–H groups in total. The Labute approximate surface area is 189 Å². The third kappa shape index (κ3) is 3.64. The van der Waals surface area contributed by atoms with Crippen LogP contribution >= 0.6 is 0 Å². The van der Waals surface area contributed by atoms with E-state index in [1.807, 2.05) is 72.8 Å². The summed E-state index contributed by atoms with van der Waals surface area (Å²) in [7, 11) is 5.96. The fraction of sp³-hybridized carbons (Fsp3) is 0. The molecule has 0 aromatic heterocycles. The molecular weight excluding hydrogens is 387 g/mol. The van der Waals surface area contributed by atoms with Crippen LogP contribution < -0.4 is 10.4 Å². The first-order valence-electron chi connectivity index (χ1n) is 10.5. The zero-order valence-corrected chi connectivity index (χ0v) is 17.4. The van der Waals surface area contributed by atoms with Gasteiger partial charge in [-0.2, -0.15) is 5.26 Å². The van der Waals surface area contributed by atoms with Gasteiger partial charge in [-0.05, 0) is 47.5 Å². The first-order valence-corrected chi connectivity index (χ1v) is 10.5. The molecule has 0 fully saturated rings. The summed E-state index contributed by atoms with van der Waals surface area (Å²) >= 11 is 0. The Bertz CT molecular complexity index is 1420. The second-order valence-corrected chi connectivity index (χ2v) is 7.63. The van der Waals surface area contributed by atoms with Crippen molar-refractivity contribution in [3.63, 3.8) is 0 Å². The molecule has 5 rings (SSSR count). The zero-order chi connectivity index (χ0) is 21.9. The third-order valence-corrected chi connectivity index (χ3v) is 5.65. The van der Waals surface area contributed by atoms with Crippen LogP contribution in [0.3, 0.4) is 0 Å². The van der Waals surface area contributed by atoms with E-state index in [4.69, 9.17) is 7.85 Å². The van der Waals surface area contributed by atoms with Crippen LogP contribution in [0.4, 0.5) is 17.1 Å². The normalized spacial score (nSPS) is 10.6. The number of benzene rings is 5. The molecular formula is C29H19BN2. The van der Waals surface area contributed by atoms with E-state index < -0.39 is 0 Å². The molecule has 2 nitrogen and oxygen atoms in total. The van der Waals surface area contributed by atoms with Gasteiger partial charge >= 0.3 is 0 Å². The quantitative estimate of drug-likeness (QED) is 0.313. The molecule has 0 aliphatic carbocycles. The van der Waals surface area contributed by atoms with Crippen molar-refractivity contribution in [2.24, 2.45) is 0 Å². The van der Waals surface area contributed by atoms with Crippen LogP contribution in [0.25, 0.3) is 21.9 Å². The summed E-state index contributed by atoms with van der Waals surface area (Å²) < 4.78 is 0. The van der Waals surface area contributed by atoms with Crippen molar-refractivity contribution >= 4 is 41.1 Å². The molecule has 2 radical (unpaired) electrons. The minimum atomic E-state index is 0.668. The van der Waals surface area contributed by atoms with E-state index in [-0.39, 0.29) is 0 Å². The summed E-state index contributed by atoms with van der Waals surface area (Å²) in [5.41, 5.74) is 6.78. The Morgan fingerprint density at radius 3 is 1.78 bits per heavy atom. The minimum absolute atomic E-state index is 0.668. The summed E-state index contributed by atoms with van der Waals surface area (Å²) in [6, 6.07) is 41.0. The highest BCUT2D eigenvalue weighted by molar-refractivity contribution is 6.32. The second kappa shape index (κ2) is 8.45. The van der Waals surface area contributed by atoms with Crippen molar-refractivity contribution in [2.75, 3.05) is 4.90 Å². The van der Waals surface area contributed by atoms with Gasteiger partial charge in [0.15, 0.2) is 0 Å². The third-order valence-electron chi connectivity index (χ3n) is 5.65. The summed E-state index contributed by atoms with van der Waals surface area (Å²) in [5.74, 6) is 0. The molecule has 0 saturated carbocycles. The Hall–Kier alpha value is -4.29. The number of anilines is 3. The van der Waals surface area contributed by atoms with Gasteiger partial charge in [0.05, 0.1) is 17.3 Å². The molecule has 0 aliphatic rings. The number of nitriles is 1. The lowest BCUT2D eigenvalue weighted by atomic mass is 9.96. The molecule has 5 aromatic carbocycles. The van der Waals surface area contributed by atoms with Gasteiger partial charge in [-0.15, -0.1) is 0 Å². The Kier molecular flexibility index (Phi) is 5.19. The highest BCUT2D eigenvalue weighted by Crippen LogP contribution is 2.40. The lowest BCUT2D eigenvalue weighted by Crippen LogP contribution is -2.12. The number of hydrogen-bond donors (Lipinski definition) is 0. The fourth-order valence-corrected chi connectivity index (χ4v) is 4.06. The Morgan fingerprint density at radius 1 is 0.562 bits per heavy atom. The van der Waals surface area contributed by atoms with E-state index in [0.717, 1.165) is 38.9 Å². The maximum Gasteiger partial charge on any atom is 0.113 e. The van der Waals surface area contributed by atoms with E-state index in [9.17, 15) is 5.26 Å². The lowest BCUT2D eigenvalue weighted by Gasteiger charge is -2.27. The summed E-state index contributed by atoms with van der Waals surface area (Å²) in [6.07, 6.45) is 0. The average molecular weight is 406 g/mol. The van der Waals surface area contributed by atoms with E-state index in [2.05, 4.69) is 53.4 Å². The van der Waals surface area contributed by atoms with Gasteiger partial charge in [-0.25, -0.2) is 0 Å². The molecule has 148 valence electrons. The van der Waals surface area contributed by atoms with Gasteiger partial charge in [0.25, 0.3) is 0 Å². The van der Waals surface area contributed by atoms with Crippen LogP contribution in [-0.2, 0) is 0 Å². The number of fused-ring (bicyclic) bond motifs is 1. The molecule has 0 spiro atoms. The van der Waals surface area contributed by atoms with Crippen molar-refractivity contribution in [3.05, 3.63) is 121 Å². The lowest BCUT2D eigenvalue weighted by molar-refractivity contribution is 1.30. The van der Waals surface area contributed by atoms with Gasteiger partial charge in [0, 0.05) is 22.1 Å². The second-order valence-electron chi connectivity index (χ2n) is 7.63. The average Bonchev–Trinajstić information content (AvgIpc) is 2.86. The molecule has 0 amide bonds. The van der Waals surface area contributed by atoms with E-state index in [1.54, 1.807) is 0 Å². The molecule has 0 heterocycles. The van der Waals surface area contributed by atoms with Crippen molar-refractivity contribution < 1.29 is 0 Å². The smallest absolute Gasteiger partial charge is 0.113 e. The predicted molar refractivity (Wildman–Crippen MR) is 134 cm³/mol. The van der Waals surface area contributed by atoms with E-state index >= 15 is 0 Å². The maximum absolute atomic E-state index is 9.59. The van der Waals surface area contributed by atoms with Crippen LogP contribution in [-0.4, -0.2) is 7.85 Å².